The fraction of sp³-hybridized carbons (Fsp3) is 0.292. The minimum Gasteiger partial charge on any atom is -0.310 e. The monoisotopic (exact) mass is 430 g/mol. The predicted octanol–water partition coefficient (Wildman–Crippen LogP) is 3.07. The van der Waals surface area contributed by atoms with Gasteiger partial charge in [0.25, 0.3) is 0 Å². The zero-order valence-electron chi connectivity index (χ0n) is 18.4. The lowest BCUT2D eigenvalue weighted by Gasteiger charge is -2.37. The molecule has 1 aromatic heterocycles. The summed E-state index contributed by atoms with van der Waals surface area (Å²) in [5, 5.41) is 3.92. The minimum absolute atomic E-state index is 0.177. The standard InChI is InChI=1S/C24H26N6O2/c1-4-19(25)30(29(5-2)6-3)24-27-14-26-23(28-24)18-13-9-12-17-20(18)22(32)16-11-8-7-10-15(16)21(17)31/h7-14,19H,4-6,25H2,1-3H3. The summed E-state index contributed by atoms with van der Waals surface area (Å²) in [7, 11) is 0. The van der Waals surface area contributed by atoms with E-state index in [0.29, 0.717) is 46.0 Å². The molecule has 1 aliphatic carbocycles. The van der Waals surface area contributed by atoms with Crippen LogP contribution in [0.2, 0.25) is 0 Å². The van der Waals surface area contributed by atoms with E-state index < -0.39 is 0 Å². The van der Waals surface area contributed by atoms with Gasteiger partial charge in [-0.2, -0.15) is 9.97 Å². The van der Waals surface area contributed by atoms with Gasteiger partial charge in [-0.3, -0.25) is 14.6 Å². The molecular formula is C24H26N6O2. The molecule has 1 atom stereocenters. The van der Waals surface area contributed by atoms with Gasteiger partial charge in [-0.1, -0.05) is 63.2 Å². The molecule has 0 bridgehead atoms. The second-order valence-electron chi connectivity index (χ2n) is 7.50. The van der Waals surface area contributed by atoms with Gasteiger partial charge in [0.15, 0.2) is 17.4 Å². The Kier molecular flexibility index (Phi) is 6.07. The smallest absolute Gasteiger partial charge is 0.245 e. The molecule has 0 fully saturated rings. The second-order valence-corrected chi connectivity index (χ2v) is 7.50. The van der Waals surface area contributed by atoms with Crippen LogP contribution in [-0.4, -0.2) is 50.8 Å². The van der Waals surface area contributed by atoms with E-state index in [0.717, 1.165) is 13.1 Å². The summed E-state index contributed by atoms with van der Waals surface area (Å²) in [6.07, 6.45) is 1.80. The van der Waals surface area contributed by atoms with Crippen LogP contribution in [0.25, 0.3) is 11.4 Å². The fourth-order valence-corrected chi connectivity index (χ4v) is 4.04. The maximum Gasteiger partial charge on any atom is 0.245 e. The highest BCUT2D eigenvalue weighted by molar-refractivity contribution is 6.30. The molecule has 0 aliphatic heterocycles. The Bertz CT molecular complexity index is 1170. The molecule has 32 heavy (non-hydrogen) atoms. The van der Waals surface area contributed by atoms with Crippen molar-refractivity contribution < 1.29 is 9.59 Å². The maximum atomic E-state index is 13.4. The summed E-state index contributed by atoms with van der Waals surface area (Å²) in [6.45, 7) is 7.54. The summed E-state index contributed by atoms with van der Waals surface area (Å²) in [5.74, 6) is 0.344. The van der Waals surface area contributed by atoms with Crippen LogP contribution in [0.1, 0.15) is 59.0 Å². The van der Waals surface area contributed by atoms with E-state index in [1.165, 1.54) is 6.33 Å². The van der Waals surface area contributed by atoms with Crippen LogP contribution >= 0.6 is 0 Å². The molecule has 3 aromatic rings. The van der Waals surface area contributed by atoms with Crippen LogP contribution in [0.5, 0.6) is 0 Å². The number of carbonyl (C=O) groups excluding carboxylic acids is 2. The number of aromatic nitrogens is 3. The number of nitrogens with zero attached hydrogens (tertiary/aromatic N) is 5. The normalized spacial score (nSPS) is 13.7. The first-order valence-electron chi connectivity index (χ1n) is 10.8. The van der Waals surface area contributed by atoms with Gasteiger partial charge in [-0.05, 0) is 6.42 Å². The number of ketones is 2. The lowest BCUT2D eigenvalue weighted by molar-refractivity contribution is 0.0979. The fourth-order valence-electron chi connectivity index (χ4n) is 4.04. The Morgan fingerprint density at radius 2 is 1.47 bits per heavy atom. The van der Waals surface area contributed by atoms with Crippen LogP contribution in [0.4, 0.5) is 5.95 Å². The predicted molar refractivity (Wildman–Crippen MR) is 122 cm³/mol. The Morgan fingerprint density at radius 3 is 2.12 bits per heavy atom. The first-order chi connectivity index (χ1) is 15.5. The van der Waals surface area contributed by atoms with Crippen molar-refractivity contribution in [2.45, 2.75) is 33.4 Å². The first kappa shape index (κ1) is 21.7. The van der Waals surface area contributed by atoms with Crippen LogP contribution in [0.3, 0.4) is 0 Å². The highest BCUT2D eigenvalue weighted by Gasteiger charge is 2.32. The molecule has 0 spiro atoms. The average molecular weight is 431 g/mol. The molecule has 2 N–H and O–H groups in total. The molecule has 2 aromatic carbocycles. The first-order valence-corrected chi connectivity index (χ1v) is 10.8. The number of hydrogen-bond acceptors (Lipinski definition) is 8. The highest BCUT2D eigenvalue weighted by Crippen LogP contribution is 2.33. The molecule has 8 nitrogen and oxygen atoms in total. The van der Waals surface area contributed by atoms with Crippen molar-refractivity contribution in [2.75, 3.05) is 18.1 Å². The van der Waals surface area contributed by atoms with Crippen molar-refractivity contribution in [3.8, 4) is 11.4 Å². The number of hydrazine groups is 1. The van der Waals surface area contributed by atoms with Gasteiger partial charge in [-0.25, -0.2) is 9.99 Å². The highest BCUT2D eigenvalue weighted by atomic mass is 16.1. The van der Waals surface area contributed by atoms with Crippen molar-refractivity contribution in [1.82, 2.24) is 20.0 Å². The number of nitrogens with two attached hydrogens (primary N) is 1. The van der Waals surface area contributed by atoms with E-state index in [-0.39, 0.29) is 17.7 Å². The summed E-state index contributed by atoms with van der Waals surface area (Å²) >= 11 is 0. The Hall–Kier alpha value is -3.49. The molecule has 0 saturated heterocycles. The minimum atomic E-state index is -0.315. The Labute approximate surface area is 187 Å². The van der Waals surface area contributed by atoms with Crippen LogP contribution < -0.4 is 10.7 Å². The SMILES string of the molecule is CCC(N)N(c1ncnc(-c2cccc3c2C(=O)c2ccccc2C3=O)n1)N(CC)CC. The van der Waals surface area contributed by atoms with Gasteiger partial charge in [-0.15, -0.1) is 0 Å². The van der Waals surface area contributed by atoms with Gasteiger partial charge in [0, 0.05) is 40.9 Å². The lowest BCUT2D eigenvalue weighted by atomic mass is 9.82. The van der Waals surface area contributed by atoms with Crippen LogP contribution in [0, 0.1) is 0 Å². The zero-order valence-corrected chi connectivity index (χ0v) is 18.4. The molecule has 0 saturated carbocycles. The molecule has 1 heterocycles. The van der Waals surface area contributed by atoms with Crippen molar-refractivity contribution in [3.63, 3.8) is 0 Å². The molecule has 8 heteroatoms. The molecule has 1 aliphatic rings. The van der Waals surface area contributed by atoms with Crippen molar-refractivity contribution >= 4 is 17.5 Å². The van der Waals surface area contributed by atoms with Crippen molar-refractivity contribution in [2.24, 2.45) is 5.73 Å². The molecule has 164 valence electrons. The second kappa shape index (κ2) is 8.94. The van der Waals surface area contributed by atoms with Gasteiger partial charge in [0.05, 0.1) is 6.17 Å². The quantitative estimate of drug-likeness (QED) is 0.352. The van der Waals surface area contributed by atoms with Crippen LogP contribution in [0.15, 0.2) is 48.8 Å². The van der Waals surface area contributed by atoms with E-state index in [2.05, 4.69) is 20.0 Å². The topological polar surface area (TPSA) is 105 Å². The van der Waals surface area contributed by atoms with Crippen LogP contribution in [-0.2, 0) is 0 Å². The third-order valence-electron chi connectivity index (χ3n) is 5.72. The summed E-state index contributed by atoms with van der Waals surface area (Å²) in [6, 6.07) is 12.1. The number of fused-ring (bicyclic) bond motifs is 2. The number of anilines is 1. The summed E-state index contributed by atoms with van der Waals surface area (Å²) in [5.41, 5.74) is 8.37. The third kappa shape index (κ3) is 3.57. The third-order valence-corrected chi connectivity index (χ3v) is 5.72. The molecule has 4 rings (SSSR count). The van der Waals surface area contributed by atoms with Crippen molar-refractivity contribution in [3.05, 3.63) is 71.0 Å². The molecule has 0 radical (unpaired) electrons. The van der Waals surface area contributed by atoms with E-state index in [4.69, 9.17) is 5.73 Å². The Balaban J connectivity index is 1.85. The largest absolute Gasteiger partial charge is 0.310 e. The maximum absolute atomic E-state index is 13.4. The number of rotatable bonds is 7. The Morgan fingerprint density at radius 1 is 0.844 bits per heavy atom. The van der Waals surface area contributed by atoms with E-state index in [1.54, 1.807) is 42.5 Å². The van der Waals surface area contributed by atoms with Gasteiger partial charge >= 0.3 is 0 Å². The summed E-state index contributed by atoms with van der Waals surface area (Å²) in [4.78, 5) is 39.8. The average Bonchev–Trinajstić information content (AvgIpc) is 2.85. The summed E-state index contributed by atoms with van der Waals surface area (Å²) < 4.78 is 0. The van der Waals surface area contributed by atoms with E-state index in [9.17, 15) is 9.59 Å². The number of benzene rings is 2. The number of hydrogen-bond donors (Lipinski definition) is 1. The number of carbonyl (C=O) groups is 2. The van der Waals surface area contributed by atoms with E-state index >= 15 is 0 Å². The lowest BCUT2D eigenvalue weighted by Crippen LogP contribution is -2.53. The molecule has 0 amide bonds. The zero-order chi connectivity index (χ0) is 22.8. The molecular weight excluding hydrogens is 404 g/mol. The van der Waals surface area contributed by atoms with E-state index in [1.807, 2.05) is 25.8 Å². The molecule has 1 unspecified atom stereocenters. The van der Waals surface area contributed by atoms with Gasteiger partial charge in [0.1, 0.15) is 6.33 Å². The van der Waals surface area contributed by atoms with Gasteiger partial charge < -0.3 is 5.73 Å². The van der Waals surface area contributed by atoms with Crippen molar-refractivity contribution in [1.29, 1.82) is 0 Å². The van der Waals surface area contributed by atoms with Gasteiger partial charge in [0.2, 0.25) is 5.95 Å².